The number of rotatable bonds is 1. The average Bonchev–Trinajstić information content (AvgIpc) is 2.50. The molecule has 1 aliphatic carbocycles. The molecule has 0 unspecified atom stereocenters. The summed E-state index contributed by atoms with van der Waals surface area (Å²) in [6, 6.07) is 6.59. The highest BCUT2D eigenvalue weighted by atomic mass is 32.1. The van der Waals surface area contributed by atoms with Gasteiger partial charge in [-0.3, -0.25) is 0 Å². The van der Waals surface area contributed by atoms with Crippen molar-refractivity contribution in [2.45, 2.75) is 25.0 Å². The topological polar surface area (TPSA) is 0 Å². The van der Waals surface area contributed by atoms with Gasteiger partial charge in [-0.2, -0.15) is 12.6 Å². The Morgan fingerprint density at radius 1 is 1.27 bits per heavy atom. The van der Waals surface area contributed by atoms with Crippen molar-refractivity contribution in [3.63, 3.8) is 0 Å². The van der Waals surface area contributed by atoms with Crippen LogP contribution in [0.15, 0.2) is 18.2 Å². The molecule has 0 saturated carbocycles. The summed E-state index contributed by atoms with van der Waals surface area (Å²) in [6.07, 6.45) is 3.88. The molecule has 0 spiro atoms. The van der Waals surface area contributed by atoms with E-state index in [1.807, 2.05) is 0 Å². The quantitative estimate of drug-likeness (QED) is 0.606. The third kappa shape index (κ3) is 1.18. The fourth-order valence-electron chi connectivity index (χ4n) is 1.85. The molecule has 0 aromatic heterocycles. The van der Waals surface area contributed by atoms with E-state index in [1.54, 1.807) is 11.1 Å². The number of fused-ring (bicyclic) bond motifs is 1. The number of aryl methyl sites for hydroxylation is 1. The first kappa shape index (κ1) is 7.23. The lowest BCUT2D eigenvalue weighted by Crippen LogP contribution is -1.88. The summed E-state index contributed by atoms with van der Waals surface area (Å²) in [7, 11) is 0. The van der Waals surface area contributed by atoms with Crippen molar-refractivity contribution in [3.8, 4) is 0 Å². The normalized spacial score (nSPS) is 15.0. The van der Waals surface area contributed by atoms with Crippen molar-refractivity contribution in [2.24, 2.45) is 0 Å². The average molecular weight is 164 g/mol. The molecule has 0 amide bonds. The Morgan fingerprint density at radius 3 is 3.00 bits per heavy atom. The molecule has 1 aromatic carbocycles. The largest absolute Gasteiger partial charge is 0.175 e. The molecular weight excluding hydrogens is 152 g/mol. The van der Waals surface area contributed by atoms with Crippen LogP contribution in [0.3, 0.4) is 0 Å². The first-order chi connectivity index (χ1) is 5.42. The van der Waals surface area contributed by atoms with Gasteiger partial charge in [0.1, 0.15) is 0 Å². The summed E-state index contributed by atoms with van der Waals surface area (Å²) in [6.45, 7) is 0. The number of hydrogen-bond donors (Lipinski definition) is 1. The molecule has 0 saturated heterocycles. The van der Waals surface area contributed by atoms with Gasteiger partial charge in [0.05, 0.1) is 0 Å². The van der Waals surface area contributed by atoms with Gasteiger partial charge in [-0.15, -0.1) is 0 Å². The fourth-order valence-corrected chi connectivity index (χ4v) is 2.14. The number of hydrogen-bond acceptors (Lipinski definition) is 1. The van der Waals surface area contributed by atoms with Crippen molar-refractivity contribution < 1.29 is 0 Å². The summed E-state index contributed by atoms with van der Waals surface area (Å²) in [5.74, 6) is 0.892. The summed E-state index contributed by atoms with van der Waals surface area (Å²) in [5.41, 5.74) is 4.56. The Labute approximate surface area is 73.0 Å². The van der Waals surface area contributed by atoms with E-state index in [0.29, 0.717) is 0 Å². The standard InChI is InChI=1S/C10H12S/c11-7-9-5-1-3-8-4-2-6-10(8)9/h1,3,5,11H,2,4,6-7H2. The Kier molecular flexibility index (Phi) is 1.91. The minimum atomic E-state index is 0.892. The van der Waals surface area contributed by atoms with Crippen LogP contribution in [0.5, 0.6) is 0 Å². The predicted octanol–water partition coefficient (Wildman–Crippen LogP) is 2.61. The van der Waals surface area contributed by atoms with Gasteiger partial charge < -0.3 is 0 Å². The van der Waals surface area contributed by atoms with E-state index >= 15 is 0 Å². The first-order valence-electron chi connectivity index (χ1n) is 4.12. The number of thiol groups is 1. The van der Waals surface area contributed by atoms with Crippen LogP contribution >= 0.6 is 12.6 Å². The van der Waals surface area contributed by atoms with Gasteiger partial charge in [-0.05, 0) is 36.0 Å². The highest BCUT2D eigenvalue weighted by molar-refractivity contribution is 7.79. The van der Waals surface area contributed by atoms with Gasteiger partial charge in [0.25, 0.3) is 0 Å². The monoisotopic (exact) mass is 164 g/mol. The molecule has 2 rings (SSSR count). The predicted molar refractivity (Wildman–Crippen MR) is 51.2 cm³/mol. The van der Waals surface area contributed by atoms with E-state index in [9.17, 15) is 0 Å². The van der Waals surface area contributed by atoms with E-state index in [1.165, 1.54) is 24.8 Å². The molecule has 0 radical (unpaired) electrons. The van der Waals surface area contributed by atoms with Crippen molar-refractivity contribution in [3.05, 3.63) is 34.9 Å². The molecule has 1 heteroatoms. The Bertz CT molecular complexity index is 266. The molecular formula is C10H12S. The summed E-state index contributed by atoms with van der Waals surface area (Å²) >= 11 is 4.31. The van der Waals surface area contributed by atoms with Gasteiger partial charge in [-0.1, -0.05) is 18.2 Å². The van der Waals surface area contributed by atoms with Crippen LogP contribution in [0.4, 0.5) is 0 Å². The molecule has 58 valence electrons. The van der Waals surface area contributed by atoms with Crippen LogP contribution in [-0.4, -0.2) is 0 Å². The third-order valence-electron chi connectivity index (χ3n) is 2.41. The molecule has 0 aliphatic heterocycles. The van der Waals surface area contributed by atoms with Crippen LogP contribution < -0.4 is 0 Å². The van der Waals surface area contributed by atoms with E-state index < -0.39 is 0 Å². The summed E-state index contributed by atoms with van der Waals surface area (Å²) < 4.78 is 0. The molecule has 0 atom stereocenters. The fraction of sp³-hybridized carbons (Fsp3) is 0.400. The van der Waals surface area contributed by atoms with Crippen LogP contribution in [-0.2, 0) is 18.6 Å². The van der Waals surface area contributed by atoms with E-state index in [2.05, 4.69) is 30.8 Å². The smallest absolute Gasteiger partial charge is 0.0157 e. The van der Waals surface area contributed by atoms with Gasteiger partial charge in [0, 0.05) is 5.75 Å². The Hall–Kier alpha value is -0.430. The maximum absolute atomic E-state index is 4.31. The Morgan fingerprint density at radius 2 is 2.18 bits per heavy atom. The minimum absolute atomic E-state index is 0.892. The zero-order valence-electron chi connectivity index (χ0n) is 6.51. The zero-order chi connectivity index (χ0) is 7.68. The maximum Gasteiger partial charge on any atom is 0.0157 e. The minimum Gasteiger partial charge on any atom is -0.175 e. The molecule has 1 aromatic rings. The van der Waals surface area contributed by atoms with Gasteiger partial charge >= 0.3 is 0 Å². The van der Waals surface area contributed by atoms with Crippen molar-refractivity contribution in [1.82, 2.24) is 0 Å². The van der Waals surface area contributed by atoms with E-state index in [4.69, 9.17) is 0 Å². The second kappa shape index (κ2) is 2.90. The van der Waals surface area contributed by atoms with Crippen molar-refractivity contribution in [1.29, 1.82) is 0 Å². The summed E-state index contributed by atoms with van der Waals surface area (Å²) in [4.78, 5) is 0. The summed E-state index contributed by atoms with van der Waals surface area (Å²) in [5, 5.41) is 0. The molecule has 0 bridgehead atoms. The molecule has 0 nitrogen and oxygen atoms in total. The van der Waals surface area contributed by atoms with Crippen molar-refractivity contribution in [2.75, 3.05) is 0 Å². The van der Waals surface area contributed by atoms with Crippen LogP contribution in [0.25, 0.3) is 0 Å². The molecule has 11 heavy (non-hydrogen) atoms. The lowest BCUT2D eigenvalue weighted by molar-refractivity contribution is 0.909. The first-order valence-corrected chi connectivity index (χ1v) is 4.75. The van der Waals surface area contributed by atoms with Crippen molar-refractivity contribution >= 4 is 12.6 Å². The van der Waals surface area contributed by atoms with Gasteiger partial charge in [-0.25, -0.2) is 0 Å². The highest BCUT2D eigenvalue weighted by Crippen LogP contribution is 2.25. The van der Waals surface area contributed by atoms with Gasteiger partial charge in [0.15, 0.2) is 0 Å². The Balaban J connectivity index is 2.50. The third-order valence-corrected chi connectivity index (χ3v) is 2.75. The van der Waals surface area contributed by atoms with Gasteiger partial charge in [0.2, 0.25) is 0 Å². The maximum atomic E-state index is 4.31. The molecule has 1 aliphatic rings. The van der Waals surface area contributed by atoms with E-state index in [-0.39, 0.29) is 0 Å². The SMILES string of the molecule is SCc1cccc2c1CCC2. The second-order valence-electron chi connectivity index (χ2n) is 3.07. The number of benzene rings is 1. The lowest BCUT2D eigenvalue weighted by atomic mass is 10.1. The zero-order valence-corrected chi connectivity index (χ0v) is 7.40. The lowest BCUT2D eigenvalue weighted by Gasteiger charge is -2.03. The van der Waals surface area contributed by atoms with Crippen LogP contribution in [0.2, 0.25) is 0 Å². The highest BCUT2D eigenvalue weighted by Gasteiger charge is 2.12. The molecule has 0 N–H and O–H groups in total. The second-order valence-corrected chi connectivity index (χ2v) is 3.38. The molecule has 0 heterocycles. The van der Waals surface area contributed by atoms with Crippen LogP contribution in [0.1, 0.15) is 23.1 Å². The van der Waals surface area contributed by atoms with Crippen LogP contribution in [0, 0.1) is 0 Å². The van der Waals surface area contributed by atoms with E-state index in [0.717, 1.165) is 5.75 Å². The molecule has 0 fully saturated rings.